The van der Waals surface area contributed by atoms with Gasteiger partial charge in [0.25, 0.3) is 0 Å². The Morgan fingerprint density at radius 2 is 1.78 bits per heavy atom. The summed E-state index contributed by atoms with van der Waals surface area (Å²) in [6, 6.07) is 0. The highest BCUT2D eigenvalue weighted by Crippen LogP contribution is 2.17. The molecule has 0 saturated heterocycles. The molecule has 0 saturated carbocycles. The van der Waals surface area contributed by atoms with E-state index in [1.165, 1.54) is 0 Å². The summed E-state index contributed by atoms with van der Waals surface area (Å²) in [5.74, 6) is 0.953. The first-order valence-corrected chi connectivity index (χ1v) is 6.18. The van der Waals surface area contributed by atoms with Crippen LogP contribution in [-0.4, -0.2) is 54.1 Å². The number of aromatic nitrogens is 3. The molecule has 0 unspecified atom stereocenters. The van der Waals surface area contributed by atoms with Crippen molar-refractivity contribution in [3.8, 4) is 0 Å². The summed E-state index contributed by atoms with van der Waals surface area (Å²) in [4.78, 5) is 14.3. The zero-order valence-corrected chi connectivity index (χ0v) is 12.3. The van der Waals surface area contributed by atoms with Gasteiger partial charge >= 0.3 is 0 Å². The van der Waals surface area contributed by atoms with Crippen LogP contribution in [0.25, 0.3) is 0 Å². The number of hydrogen-bond acceptors (Lipinski definition) is 6. The summed E-state index contributed by atoms with van der Waals surface area (Å²) >= 11 is 5.81. The van der Waals surface area contributed by atoms with E-state index in [-0.39, 0.29) is 10.7 Å². The third-order valence-corrected chi connectivity index (χ3v) is 2.47. The van der Waals surface area contributed by atoms with Crippen LogP contribution in [-0.2, 0) is 0 Å². The van der Waals surface area contributed by atoms with Crippen LogP contribution in [0.1, 0.15) is 13.8 Å². The molecule has 0 aliphatic carbocycles. The van der Waals surface area contributed by atoms with Crippen LogP contribution in [0, 0.1) is 5.41 Å². The quantitative estimate of drug-likeness (QED) is 0.819. The van der Waals surface area contributed by atoms with Crippen molar-refractivity contribution in [1.82, 2.24) is 19.9 Å². The van der Waals surface area contributed by atoms with Crippen molar-refractivity contribution in [2.75, 3.05) is 44.9 Å². The van der Waals surface area contributed by atoms with E-state index in [1.807, 2.05) is 0 Å². The Kier molecular flexibility index (Phi) is 5.10. The van der Waals surface area contributed by atoms with Crippen molar-refractivity contribution in [2.45, 2.75) is 13.8 Å². The van der Waals surface area contributed by atoms with Crippen LogP contribution in [0.5, 0.6) is 0 Å². The molecule has 0 atom stereocenters. The largest absolute Gasteiger partial charge is 0.357 e. The second-order valence-electron chi connectivity index (χ2n) is 5.26. The molecule has 6 nitrogen and oxygen atoms in total. The van der Waals surface area contributed by atoms with Crippen molar-refractivity contribution < 1.29 is 0 Å². The van der Waals surface area contributed by atoms with Gasteiger partial charge in [0.05, 0.1) is 0 Å². The van der Waals surface area contributed by atoms with Gasteiger partial charge < -0.3 is 15.5 Å². The van der Waals surface area contributed by atoms with E-state index in [0.29, 0.717) is 11.9 Å². The van der Waals surface area contributed by atoms with Gasteiger partial charge in [-0.15, -0.1) is 0 Å². The van der Waals surface area contributed by atoms with Gasteiger partial charge in [0, 0.05) is 20.1 Å². The van der Waals surface area contributed by atoms with Crippen LogP contribution in [0.3, 0.4) is 0 Å². The highest BCUT2D eigenvalue weighted by atomic mass is 35.5. The van der Waals surface area contributed by atoms with Crippen LogP contribution >= 0.6 is 11.6 Å². The monoisotopic (exact) mass is 272 g/mol. The smallest absolute Gasteiger partial charge is 0.228 e. The Morgan fingerprint density at radius 3 is 2.33 bits per heavy atom. The molecule has 2 N–H and O–H groups in total. The minimum atomic E-state index is 0.114. The minimum absolute atomic E-state index is 0.114. The Labute approximate surface area is 113 Å². The fourth-order valence-corrected chi connectivity index (χ4v) is 1.93. The van der Waals surface area contributed by atoms with Gasteiger partial charge in [-0.1, -0.05) is 13.8 Å². The van der Waals surface area contributed by atoms with Gasteiger partial charge in [0.1, 0.15) is 0 Å². The second-order valence-corrected chi connectivity index (χ2v) is 5.60. The number of hydrogen-bond donors (Lipinski definition) is 2. The molecule has 0 bridgehead atoms. The molecular weight excluding hydrogens is 252 g/mol. The number of halogens is 1. The zero-order valence-electron chi connectivity index (χ0n) is 11.6. The normalized spacial score (nSPS) is 11.7. The van der Waals surface area contributed by atoms with Crippen LogP contribution < -0.4 is 10.6 Å². The van der Waals surface area contributed by atoms with E-state index < -0.39 is 0 Å². The highest BCUT2D eigenvalue weighted by Gasteiger charge is 2.19. The first-order valence-electron chi connectivity index (χ1n) is 5.80. The first-order chi connectivity index (χ1) is 8.32. The molecule has 0 aliphatic rings. The third kappa shape index (κ3) is 5.01. The molecule has 1 aromatic rings. The van der Waals surface area contributed by atoms with E-state index >= 15 is 0 Å². The number of nitrogens with zero attached hydrogens (tertiary/aromatic N) is 4. The first kappa shape index (κ1) is 14.9. The van der Waals surface area contributed by atoms with Crippen LogP contribution in [0.15, 0.2) is 0 Å². The molecule has 0 fully saturated rings. The Hall–Kier alpha value is -1.14. The van der Waals surface area contributed by atoms with Gasteiger partial charge in [0.15, 0.2) is 0 Å². The van der Waals surface area contributed by atoms with Crippen molar-refractivity contribution in [2.24, 2.45) is 5.41 Å². The number of nitrogens with one attached hydrogen (secondary N) is 2. The summed E-state index contributed by atoms with van der Waals surface area (Å²) < 4.78 is 0. The lowest BCUT2D eigenvalue weighted by Gasteiger charge is -2.28. The Morgan fingerprint density at radius 1 is 1.17 bits per heavy atom. The Balaban J connectivity index is 2.65. The second kappa shape index (κ2) is 6.15. The van der Waals surface area contributed by atoms with Crippen molar-refractivity contribution in [3.05, 3.63) is 5.28 Å². The van der Waals surface area contributed by atoms with E-state index in [2.05, 4.69) is 58.4 Å². The molecule has 102 valence electrons. The summed E-state index contributed by atoms with van der Waals surface area (Å²) in [6.07, 6.45) is 0. The molecule has 7 heteroatoms. The average molecular weight is 273 g/mol. The fourth-order valence-electron chi connectivity index (χ4n) is 1.77. The molecule has 1 rings (SSSR count). The van der Waals surface area contributed by atoms with Gasteiger partial charge in [-0.25, -0.2) is 0 Å². The maximum absolute atomic E-state index is 5.81. The molecule has 1 aromatic heterocycles. The molecule has 0 aromatic carbocycles. The predicted octanol–water partition coefficient (Wildman–Crippen LogP) is 1.57. The Bertz CT molecular complexity index is 393. The van der Waals surface area contributed by atoms with Gasteiger partial charge in [-0.05, 0) is 31.1 Å². The molecule has 0 aliphatic heterocycles. The summed E-state index contributed by atoms with van der Waals surface area (Å²) in [7, 11) is 5.85. The molecule has 0 spiro atoms. The minimum Gasteiger partial charge on any atom is -0.357 e. The summed E-state index contributed by atoms with van der Waals surface area (Å²) in [5, 5.41) is 6.22. The summed E-state index contributed by atoms with van der Waals surface area (Å²) in [5.41, 5.74) is 0.114. The van der Waals surface area contributed by atoms with Crippen LogP contribution in [0.2, 0.25) is 5.28 Å². The SMILES string of the molecule is CNc1nc(Cl)nc(NCC(C)(C)CN(C)C)n1. The lowest BCUT2D eigenvalue weighted by molar-refractivity contribution is 0.254. The van der Waals surface area contributed by atoms with Crippen molar-refractivity contribution in [1.29, 1.82) is 0 Å². The zero-order chi connectivity index (χ0) is 13.8. The van der Waals surface area contributed by atoms with Gasteiger partial charge in [0.2, 0.25) is 17.2 Å². The predicted molar refractivity (Wildman–Crippen MR) is 75.2 cm³/mol. The third-order valence-electron chi connectivity index (χ3n) is 2.30. The molecular formula is C11H21ClN6. The van der Waals surface area contributed by atoms with E-state index in [9.17, 15) is 0 Å². The number of rotatable bonds is 6. The van der Waals surface area contributed by atoms with Crippen LogP contribution in [0.4, 0.5) is 11.9 Å². The molecule has 0 amide bonds. The van der Waals surface area contributed by atoms with Gasteiger partial charge in [-0.2, -0.15) is 15.0 Å². The molecule has 18 heavy (non-hydrogen) atoms. The van der Waals surface area contributed by atoms with Crippen molar-refractivity contribution >= 4 is 23.5 Å². The highest BCUT2D eigenvalue weighted by molar-refractivity contribution is 6.28. The van der Waals surface area contributed by atoms with E-state index in [0.717, 1.165) is 13.1 Å². The van der Waals surface area contributed by atoms with Crippen molar-refractivity contribution in [3.63, 3.8) is 0 Å². The standard InChI is InChI=1S/C11H21ClN6/c1-11(2,7-18(4)5)6-14-10-16-8(12)15-9(13-3)17-10/h6-7H2,1-5H3,(H2,13,14,15,16,17). The topological polar surface area (TPSA) is 66.0 Å². The lowest BCUT2D eigenvalue weighted by atomic mass is 9.93. The molecule has 0 radical (unpaired) electrons. The summed E-state index contributed by atoms with van der Waals surface area (Å²) in [6.45, 7) is 6.09. The maximum Gasteiger partial charge on any atom is 0.228 e. The maximum atomic E-state index is 5.81. The average Bonchev–Trinajstić information content (AvgIpc) is 2.24. The van der Waals surface area contributed by atoms with E-state index in [4.69, 9.17) is 11.6 Å². The lowest BCUT2D eigenvalue weighted by Crippen LogP contribution is -2.34. The van der Waals surface area contributed by atoms with E-state index in [1.54, 1.807) is 7.05 Å². The molecule has 1 heterocycles. The van der Waals surface area contributed by atoms with Gasteiger partial charge in [-0.3, -0.25) is 0 Å². The number of anilines is 2. The fraction of sp³-hybridized carbons (Fsp3) is 0.727.